The second-order valence-electron chi connectivity index (χ2n) is 3.81. The van der Waals surface area contributed by atoms with Gasteiger partial charge in [0.1, 0.15) is 0 Å². The maximum Gasteiger partial charge on any atom is 0.233 e. The highest BCUT2D eigenvalue weighted by Crippen LogP contribution is 2.20. The van der Waals surface area contributed by atoms with Gasteiger partial charge in [-0.05, 0) is 24.6 Å². The second kappa shape index (κ2) is 7.13. The average Bonchev–Trinajstić information content (AvgIpc) is 2.33. The first-order chi connectivity index (χ1) is 8.52. The number of nitrogens with two attached hydrogens (primary N) is 1. The van der Waals surface area contributed by atoms with E-state index in [9.17, 15) is 9.59 Å². The molecule has 98 valence electrons. The largest absolute Gasteiger partial charge is 0.354 e. The molecule has 0 unspecified atom stereocenters. The van der Waals surface area contributed by atoms with E-state index in [2.05, 4.69) is 26.6 Å². The van der Waals surface area contributed by atoms with Crippen molar-refractivity contribution < 1.29 is 9.59 Å². The van der Waals surface area contributed by atoms with E-state index in [1.54, 1.807) is 0 Å². The van der Waals surface area contributed by atoms with E-state index in [1.807, 2.05) is 25.1 Å². The van der Waals surface area contributed by atoms with Crippen LogP contribution in [-0.4, -0.2) is 24.9 Å². The van der Waals surface area contributed by atoms with Gasteiger partial charge in [0.2, 0.25) is 11.8 Å². The predicted molar refractivity (Wildman–Crippen MR) is 74.2 cm³/mol. The van der Waals surface area contributed by atoms with Crippen molar-refractivity contribution >= 4 is 33.4 Å². The Morgan fingerprint density at radius 3 is 2.72 bits per heavy atom. The first kappa shape index (κ1) is 14.7. The van der Waals surface area contributed by atoms with E-state index >= 15 is 0 Å². The van der Waals surface area contributed by atoms with E-state index < -0.39 is 0 Å². The number of benzene rings is 1. The molecule has 1 rings (SSSR count). The molecule has 0 bridgehead atoms. The second-order valence-corrected chi connectivity index (χ2v) is 4.73. The average molecular weight is 314 g/mol. The highest BCUT2D eigenvalue weighted by Gasteiger charge is 2.06. The van der Waals surface area contributed by atoms with Gasteiger partial charge in [0, 0.05) is 23.1 Å². The van der Waals surface area contributed by atoms with Crippen LogP contribution >= 0.6 is 15.9 Å². The highest BCUT2D eigenvalue weighted by molar-refractivity contribution is 9.10. The quantitative estimate of drug-likeness (QED) is 0.762. The Kier molecular flexibility index (Phi) is 5.80. The lowest BCUT2D eigenvalue weighted by atomic mass is 10.2. The summed E-state index contributed by atoms with van der Waals surface area (Å²) in [6.07, 6.45) is 0.220. The molecule has 18 heavy (non-hydrogen) atoms. The van der Waals surface area contributed by atoms with Crippen molar-refractivity contribution in [3.05, 3.63) is 28.2 Å². The maximum atomic E-state index is 11.6. The standard InChI is InChI=1S/C12H16BrN3O2/c1-8-2-3-9(13)6-10(8)16-11(17)4-5-15-12(18)7-14/h2-3,6H,4-5,7,14H2,1H3,(H,15,18)(H,16,17). The van der Waals surface area contributed by atoms with Crippen molar-refractivity contribution in [3.63, 3.8) is 0 Å². The number of rotatable bonds is 5. The molecule has 0 radical (unpaired) electrons. The molecule has 4 N–H and O–H groups in total. The molecule has 6 heteroatoms. The summed E-state index contributed by atoms with van der Waals surface area (Å²) in [6, 6.07) is 5.66. The van der Waals surface area contributed by atoms with Crippen LogP contribution in [0.4, 0.5) is 5.69 Å². The topological polar surface area (TPSA) is 84.2 Å². The van der Waals surface area contributed by atoms with E-state index in [0.717, 1.165) is 15.7 Å². The fourth-order valence-electron chi connectivity index (χ4n) is 1.33. The summed E-state index contributed by atoms with van der Waals surface area (Å²) in [5.74, 6) is -0.407. The number of amides is 2. The number of hydrogen-bond acceptors (Lipinski definition) is 3. The Balaban J connectivity index is 2.44. The summed E-state index contributed by atoms with van der Waals surface area (Å²) in [5.41, 5.74) is 6.88. The molecule has 0 aliphatic heterocycles. The molecule has 2 amide bonds. The van der Waals surface area contributed by atoms with Crippen molar-refractivity contribution in [2.24, 2.45) is 5.73 Å². The molecule has 1 aromatic rings. The number of hydrogen-bond donors (Lipinski definition) is 3. The van der Waals surface area contributed by atoms with Crippen LogP contribution in [0.1, 0.15) is 12.0 Å². The monoisotopic (exact) mass is 313 g/mol. The minimum absolute atomic E-state index is 0.0631. The fraction of sp³-hybridized carbons (Fsp3) is 0.333. The van der Waals surface area contributed by atoms with Crippen LogP contribution in [0.15, 0.2) is 22.7 Å². The van der Waals surface area contributed by atoms with Gasteiger partial charge in [-0.2, -0.15) is 0 Å². The van der Waals surface area contributed by atoms with Crippen molar-refractivity contribution in [2.45, 2.75) is 13.3 Å². The summed E-state index contributed by atoms with van der Waals surface area (Å²) in [7, 11) is 0. The van der Waals surface area contributed by atoms with Gasteiger partial charge in [-0.25, -0.2) is 0 Å². The van der Waals surface area contributed by atoms with Crippen LogP contribution in [-0.2, 0) is 9.59 Å². The molecule has 5 nitrogen and oxygen atoms in total. The SMILES string of the molecule is Cc1ccc(Br)cc1NC(=O)CCNC(=O)CN. The van der Waals surface area contributed by atoms with E-state index in [4.69, 9.17) is 5.73 Å². The van der Waals surface area contributed by atoms with Crippen LogP contribution in [0.5, 0.6) is 0 Å². The van der Waals surface area contributed by atoms with Crippen molar-refractivity contribution in [2.75, 3.05) is 18.4 Å². The van der Waals surface area contributed by atoms with Crippen LogP contribution in [0.2, 0.25) is 0 Å². The number of carbonyl (C=O) groups is 2. The zero-order valence-electron chi connectivity index (χ0n) is 10.1. The molecule has 0 aromatic heterocycles. The van der Waals surface area contributed by atoms with E-state index in [-0.39, 0.29) is 31.3 Å². The number of carbonyl (C=O) groups excluding carboxylic acids is 2. The molecule has 0 spiro atoms. The minimum atomic E-state index is -0.263. The molecule has 0 aliphatic carbocycles. The van der Waals surface area contributed by atoms with Crippen LogP contribution in [0, 0.1) is 6.92 Å². The zero-order chi connectivity index (χ0) is 13.5. The Hall–Kier alpha value is -1.40. The third-order valence-electron chi connectivity index (χ3n) is 2.33. The Bertz CT molecular complexity index is 449. The molecule has 0 heterocycles. The molecule has 0 fully saturated rings. The van der Waals surface area contributed by atoms with Gasteiger partial charge in [0.15, 0.2) is 0 Å². The summed E-state index contributed by atoms with van der Waals surface area (Å²) in [6.45, 7) is 2.14. The fourth-order valence-corrected chi connectivity index (χ4v) is 1.69. The molecular formula is C12H16BrN3O2. The summed E-state index contributed by atoms with van der Waals surface area (Å²) in [5, 5.41) is 5.33. The number of anilines is 1. The van der Waals surface area contributed by atoms with Crippen molar-refractivity contribution in [1.29, 1.82) is 0 Å². The molecule has 0 aliphatic rings. The van der Waals surface area contributed by atoms with E-state index in [0.29, 0.717) is 0 Å². The summed E-state index contributed by atoms with van der Waals surface area (Å²) in [4.78, 5) is 22.5. The zero-order valence-corrected chi connectivity index (χ0v) is 11.7. The van der Waals surface area contributed by atoms with Crippen molar-refractivity contribution in [3.8, 4) is 0 Å². The van der Waals surface area contributed by atoms with Gasteiger partial charge in [-0.3, -0.25) is 9.59 Å². The van der Waals surface area contributed by atoms with Crippen LogP contribution < -0.4 is 16.4 Å². The van der Waals surface area contributed by atoms with Gasteiger partial charge in [0.05, 0.1) is 6.54 Å². The predicted octanol–water partition coefficient (Wildman–Crippen LogP) is 1.16. The first-order valence-corrected chi connectivity index (χ1v) is 6.35. The number of aryl methyl sites for hydroxylation is 1. The van der Waals surface area contributed by atoms with Gasteiger partial charge >= 0.3 is 0 Å². The molecule has 0 atom stereocenters. The third kappa shape index (κ3) is 4.85. The van der Waals surface area contributed by atoms with Gasteiger partial charge in [-0.15, -0.1) is 0 Å². The molecule has 1 aromatic carbocycles. The summed E-state index contributed by atoms with van der Waals surface area (Å²) < 4.78 is 0.903. The lowest BCUT2D eigenvalue weighted by molar-refractivity contribution is -0.120. The number of halogens is 1. The van der Waals surface area contributed by atoms with Gasteiger partial charge in [-0.1, -0.05) is 22.0 Å². The Morgan fingerprint density at radius 2 is 2.06 bits per heavy atom. The van der Waals surface area contributed by atoms with Crippen molar-refractivity contribution in [1.82, 2.24) is 5.32 Å². The maximum absolute atomic E-state index is 11.6. The minimum Gasteiger partial charge on any atom is -0.354 e. The number of nitrogens with one attached hydrogen (secondary N) is 2. The lowest BCUT2D eigenvalue weighted by Crippen LogP contribution is -2.32. The Labute approximate surface area is 114 Å². The third-order valence-corrected chi connectivity index (χ3v) is 2.83. The van der Waals surface area contributed by atoms with Crippen LogP contribution in [0.25, 0.3) is 0 Å². The van der Waals surface area contributed by atoms with Gasteiger partial charge in [0.25, 0.3) is 0 Å². The normalized spacial score (nSPS) is 9.94. The van der Waals surface area contributed by atoms with Crippen LogP contribution in [0.3, 0.4) is 0 Å². The Morgan fingerprint density at radius 1 is 1.33 bits per heavy atom. The highest BCUT2D eigenvalue weighted by atomic mass is 79.9. The molecular weight excluding hydrogens is 298 g/mol. The molecule has 0 saturated carbocycles. The lowest BCUT2D eigenvalue weighted by Gasteiger charge is -2.09. The molecule has 0 saturated heterocycles. The summed E-state index contributed by atoms with van der Waals surface area (Å²) >= 11 is 3.35. The van der Waals surface area contributed by atoms with Gasteiger partial charge < -0.3 is 16.4 Å². The van der Waals surface area contributed by atoms with E-state index in [1.165, 1.54) is 0 Å². The first-order valence-electron chi connectivity index (χ1n) is 5.55. The smallest absolute Gasteiger partial charge is 0.233 e.